The van der Waals surface area contributed by atoms with E-state index in [0.717, 1.165) is 5.76 Å². The van der Waals surface area contributed by atoms with Gasteiger partial charge in [-0.3, -0.25) is 0 Å². The third kappa shape index (κ3) is 3.85. The van der Waals surface area contributed by atoms with Crippen LogP contribution in [-0.2, 0) is 0 Å². The van der Waals surface area contributed by atoms with E-state index in [2.05, 4.69) is 10.2 Å². The van der Waals surface area contributed by atoms with E-state index in [0.29, 0.717) is 5.56 Å². The van der Waals surface area contributed by atoms with Crippen LogP contribution in [0.3, 0.4) is 0 Å². The molecule has 0 radical (unpaired) electrons. The fourth-order valence-electron chi connectivity index (χ4n) is 1.35. The number of amidine groups is 1. The van der Waals surface area contributed by atoms with Crippen molar-refractivity contribution in [3.05, 3.63) is 60.1 Å². The molecule has 2 rings (SSSR count). The Kier molecular flexibility index (Phi) is 4.12. The van der Waals surface area contributed by atoms with Gasteiger partial charge in [-0.25, -0.2) is 0 Å². The molecule has 3 N–H and O–H groups in total. The summed E-state index contributed by atoms with van der Waals surface area (Å²) in [5.74, 6) is 1.20. The van der Waals surface area contributed by atoms with Crippen molar-refractivity contribution in [3.8, 4) is 5.75 Å². The molecule has 1 aromatic heterocycles. The van der Waals surface area contributed by atoms with Crippen LogP contribution in [0.5, 0.6) is 5.75 Å². The Labute approximate surface area is 110 Å². The van der Waals surface area contributed by atoms with Crippen LogP contribution in [0.15, 0.2) is 63.4 Å². The van der Waals surface area contributed by atoms with Crippen LogP contribution in [0.1, 0.15) is 11.3 Å². The van der Waals surface area contributed by atoms with E-state index in [1.54, 1.807) is 36.6 Å². The lowest BCUT2D eigenvalue weighted by atomic mass is 10.2. The Morgan fingerprint density at radius 2 is 2.00 bits per heavy atom. The van der Waals surface area contributed by atoms with Gasteiger partial charge in [0.15, 0.2) is 5.84 Å². The lowest BCUT2D eigenvalue weighted by Gasteiger charge is -1.97. The average Bonchev–Trinajstić information content (AvgIpc) is 2.92. The molecule has 0 saturated carbocycles. The average molecular weight is 255 g/mol. The zero-order valence-corrected chi connectivity index (χ0v) is 10.1. The van der Waals surface area contributed by atoms with Crippen LogP contribution >= 0.6 is 0 Å². The molecule has 19 heavy (non-hydrogen) atoms. The van der Waals surface area contributed by atoms with Gasteiger partial charge in [-0.15, -0.1) is 5.10 Å². The van der Waals surface area contributed by atoms with Gasteiger partial charge in [0.05, 0.1) is 6.26 Å². The van der Waals surface area contributed by atoms with Crippen LogP contribution in [0, 0.1) is 0 Å². The summed E-state index contributed by atoms with van der Waals surface area (Å²) in [6.45, 7) is 0. The van der Waals surface area contributed by atoms with Crippen molar-refractivity contribution in [2.24, 2.45) is 15.9 Å². The number of hydrogen-bond acceptors (Lipinski definition) is 4. The highest BCUT2D eigenvalue weighted by Crippen LogP contribution is 2.09. The third-order valence-electron chi connectivity index (χ3n) is 2.28. The van der Waals surface area contributed by atoms with Gasteiger partial charge in [0.2, 0.25) is 0 Å². The Hall–Kier alpha value is -2.82. The lowest BCUT2D eigenvalue weighted by molar-refractivity contribution is 0.475. The molecule has 0 aliphatic rings. The first-order valence-corrected chi connectivity index (χ1v) is 5.62. The summed E-state index contributed by atoms with van der Waals surface area (Å²) in [6, 6.07) is 10.1. The Morgan fingerprint density at radius 3 is 2.68 bits per heavy atom. The first kappa shape index (κ1) is 12.6. The number of phenols is 1. The molecule has 1 aromatic carbocycles. The number of allylic oxidation sites excluding steroid dienone is 1. The van der Waals surface area contributed by atoms with Crippen molar-refractivity contribution in [1.82, 2.24) is 0 Å². The van der Waals surface area contributed by atoms with Crippen LogP contribution in [0.25, 0.3) is 6.08 Å². The van der Waals surface area contributed by atoms with Gasteiger partial charge in [-0.2, -0.15) is 5.10 Å². The van der Waals surface area contributed by atoms with Crippen molar-refractivity contribution in [3.63, 3.8) is 0 Å². The van der Waals surface area contributed by atoms with Gasteiger partial charge in [0, 0.05) is 11.8 Å². The molecule has 0 fully saturated rings. The van der Waals surface area contributed by atoms with Crippen molar-refractivity contribution in [2.75, 3.05) is 0 Å². The molecule has 96 valence electrons. The Balaban J connectivity index is 1.96. The molecule has 0 spiro atoms. The minimum Gasteiger partial charge on any atom is -0.508 e. The first-order valence-electron chi connectivity index (χ1n) is 5.62. The summed E-state index contributed by atoms with van der Waals surface area (Å²) in [5.41, 5.74) is 6.43. The first-order chi connectivity index (χ1) is 9.25. The zero-order chi connectivity index (χ0) is 13.5. The smallest absolute Gasteiger partial charge is 0.153 e. The van der Waals surface area contributed by atoms with Crippen molar-refractivity contribution in [1.29, 1.82) is 0 Å². The van der Waals surface area contributed by atoms with Crippen LogP contribution in [-0.4, -0.2) is 17.2 Å². The second-order valence-electron chi connectivity index (χ2n) is 3.67. The predicted octanol–water partition coefficient (Wildman–Crippen LogP) is 2.39. The number of furan rings is 1. The highest BCUT2D eigenvalue weighted by molar-refractivity contribution is 5.97. The molecule has 0 aliphatic heterocycles. The number of hydrogen-bond donors (Lipinski definition) is 2. The minimum atomic E-state index is 0.182. The van der Waals surface area contributed by atoms with Crippen molar-refractivity contribution < 1.29 is 9.52 Å². The van der Waals surface area contributed by atoms with Crippen molar-refractivity contribution >= 4 is 18.1 Å². The third-order valence-corrected chi connectivity index (χ3v) is 2.28. The number of nitrogens with zero attached hydrogens (tertiary/aromatic N) is 2. The minimum absolute atomic E-state index is 0.182. The summed E-state index contributed by atoms with van der Waals surface area (Å²) in [4.78, 5) is 0. The van der Waals surface area contributed by atoms with E-state index in [1.165, 1.54) is 18.3 Å². The quantitative estimate of drug-likeness (QED) is 0.499. The second kappa shape index (κ2) is 6.20. The maximum absolute atomic E-state index is 9.15. The fourth-order valence-corrected chi connectivity index (χ4v) is 1.35. The zero-order valence-electron chi connectivity index (χ0n) is 10.1. The van der Waals surface area contributed by atoms with Gasteiger partial charge in [-0.1, -0.05) is 0 Å². The highest BCUT2D eigenvalue weighted by Gasteiger charge is 1.96. The summed E-state index contributed by atoms with van der Waals surface area (Å²) >= 11 is 0. The van der Waals surface area contributed by atoms with Gasteiger partial charge < -0.3 is 15.3 Å². The van der Waals surface area contributed by atoms with E-state index in [9.17, 15) is 0 Å². The van der Waals surface area contributed by atoms with E-state index in [-0.39, 0.29) is 11.6 Å². The Morgan fingerprint density at radius 1 is 1.21 bits per heavy atom. The molecular formula is C14H13N3O2. The number of rotatable bonds is 4. The summed E-state index contributed by atoms with van der Waals surface area (Å²) in [5, 5.41) is 16.8. The molecule has 0 saturated heterocycles. The largest absolute Gasteiger partial charge is 0.508 e. The van der Waals surface area contributed by atoms with Gasteiger partial charge in [-0.05, 0) is 48.6 Å². The molecule has 0 aliphatic carbocycles. The fraction of sp³-hybridized carbons (Fsp3) is 0. The molecule has 0 bridgehead atoms. The summed E-state index contributed by atoms with van der Waals surface area (Å²) < 4.78 is 5.11. The normalized spacial score (nSPS) is 12.5. The molecule has 5 nitrogen and oxygen atoms in total. The molecule has 0 amide bonds. The van der Waals surface area contributed by atoms with Gasteiger partial charge in [0.1, 0.15) is 11.5 Å². The Bertz CT molecular complexity index is 596. The van der Waals surface area contributed by atoms with Crippen LogP contribution in [0.2, 0.25) is 0 Å². The summed E-state index contributed by atoms with van der Waals surface area (Å²) in [7, 11) is 0. The SMILES string of the molecule is N\C(=N/N=C/C=C/c1ccco1)c1ccc(O)cc1. The number of phenolic OH excluding ortho intramolecular Hbond substituents is 1. The van der Waals surface area contributed by atoms with E-state index in [1.807, 2.05) is 6.07 Å². The molecule has 1 heterocycles. The van der Waals surface area contributed by atoms with Crippen LogP contribution in [0.4, 0.5) is 0 Å². The molecule has 2 aromatic rings. The highest BCUT2D eigenvalue weighted by atomic mass is 16.3. The van der Waals surface area contributed by atoms with Gasteiger partial charge in [0.25, 0.3) is 0 Å². The number of nitrogens with two attached hydrogens (primary N) is 1. The maximum atomic E-state index is 9.15. The molecular weight excluding hydrogens is 242 g/mol. The molecule has 5 heteroatoms. The topological polar surface area (TPSA) is 84.1 Å². The number of benzene rings is 1. The lowest BCUT2D eigenvalue weighted by Crippen LogP contribution is -2.12. The monoisotopic (exact) mass is 255 g/mol. The summed E-state index contributed by atoms with van der Waals surface area (Å²) in [6.07, 6.45) is 6.57. The number of aromatic hydroxyl groups is 1. The van der Waals surface area contributed by atoms with E-state index < -0.39 is 0 Å². The molecule has 0 unspecified atom stereocenters. The maximum Gasteiger partial charge on any atom is 0.153 e. The van der Waals surface area contributed by atoms with E-state index >= 15 is 0 Å². The van der Waals surface area contributed by atoms with Crippen molar-refractivity contribution in [2.45, 2.75) is 0 Å². The van der Waals surface area contributed by atoms with E-state index in [4.69, 9.17) is 15.3 Å². The predicted molar refractivity (Wildman–Crippen MR) is 75.1 cm³/mol. The molecule has 0 atom stereocenters. The second-order valence-corrected chi connectivity index (χ2v) is 3.67. The standard InChI is InChI=1S/C14H13N3O2/c15-14(11-5-7-12(18)8-6-11)17-16-9-1-3-13-4-2-10-19-13/h1-10,18H,(H2,15,17)/b3-1+,16-9+. The van der Waals surface area contributed by atoms with Gasteiger partial charge >= 0.3 is 0 Å². The van der Waals surface area contributed by atoms with Crippen LogP contribution < -0.4 is 5.73 Å².